The van der Waals surface area contributed by atoms with Gasteiger partial charge in [-0.05, 0) is 18.2 Å². The number of non-ortho nitro benzene ring substituents is 1. The Hall–Kier alpha value is -3.99. The highest BCUT2D eigenvalue weighted by Gasteiger charge is 2.23. The summed E-state index contributed by atoms with van der Waals surface area (Å²) in [4.78, 5) is 29.6. The molecule has 1 saturated heterocycles. The minimum Gasteiger partial charge on any atom is -0.497 e. The summed E-state index contributed by atoms with van der Waals surface area (Å²) in [7, 11) is 1.55. The molecule has 4 rings (SSSR count). The summed E-state index contributed by atoms with van der Waals surface area (Å²) in [5, 5.41) is 15.1. The lowest BCUT2D eigenvalue weighted by molar-refractivity contribution is -0.384. The van der Waals surface area contributed by atoms with Gasteiger partial charge < -0.3 is 23.6 Å². The molecule has 0 saturated carbocycles. The molecule has 0 aliphatic carbocycles. The summed E-state index contributed by atoms with van der Waals surface area (Å²) in [5.41, 5.74) is 1.12. The number of aromatic nitrogens is 2. The predicted octanol–water partition coefficient (Wildman–Crippen LogP) is 2.85. The van der Waals surface area contributed by atoms with Gasteiger partial charge in [0.15, 0.2) is 6.61 Å². The Bertz CT molecular complexity index is 1120. The van der Waals surface area contributed by atoms with Crippen LogP contribution in [0.1, 0.15) is 16.2 Å². The molecule has 1 aliphatic rings. The Kier molecular flexibility index (Phi) is 6.26. The fourth-order valence-electron chi connectivity index (χ4n) is 3.28. The Morgan fingerprint density at radius 2 is 2.03 bits per heavy atom. The average Bonchev–Trinajstić information content (AvgIpc) is 3.32. The Balaban J connectivity index is 1.50. The highest BCUT2D eigenvalue weighted by Crippen LogP contribution is 2.27. The molecule has 0 spiro atoms. The first-order valence-corrected chi connectivity index (χ1v) is 9.80. The predicted molar refractivity (Wildman–Crippen MR) is 112 cm³/mol. The number of methoxy groups -OCH3 is 1. The van der Waals surface area contributed by atoms with E-state index in [4.69, 9.17) is 18.7 Å². The third-order valence-electron chi connectivity index (χ3n) is 4.89. The lowest BCUT2D eigenvalue weighted by Gasteiger charge is -2.30. The van der Waals surface area contributed by atoms with Gasteiger partial charge in [0.2, 0.25) is 5.82 Å². The summed E-state index contributed by atoms with van der Waals surface area (Å²) in [5.74, 6) is 0.326. The molecule has 0 amide bonds. The Labute approximate surface area is 182 Å². The van der Waals surface area contributed by atoms with Crippen LogP contribution in [0, 0.1) is 10.1 Å². The van der Waals surface area contributed by atoms with E-state index in [9.17, 15) is 14.9 Å². The number of ether oxygens (including phenoxy) is 3. The standard InChI is InChI=1S/C21H20N4O7/c1-29-16-4-2-3-14(11-16)20-22-19(32-23-20)13-31-21(26)17-12-15(25(27)28)5-6-18(17)24-7-9-30-10-8-24/h2-6,11-12H,7-10,13H2,1H3. The molecule has 32 heavy (non-hydrogen) atoms. The van der Waals surface area contributed by atoms with Crippen molar-refractivity contribution < 1.29 is 28.5 Å². The highest BCUT2D eigenvalue weighted by atomic mass is 16.6. The first kappa shape index (κ1) is 21.2. The molecule has 1 fully saturated rings. The van der Waals surface area contributed by atoms with Crippen LogP contribution in [0.15, 0.2) is 47.0 Å². The number of carbonyl (C=O) groups excluding carboxylic acids is 1. The van der Waals surface area contributed by atoms with E-state index in [0.29, 0.717) is 49.1 Å². The third kappa shape index (κ3) is 4.67. The molecule has 11 heteroatoms. The molecule has 0 radical (unpaired) electrons. The van der Waals surface area contributed by atoms with Gasteiger partial charge in [-0.15, -0.1) is 0 Å². The van der Waals surface area contributed by atoms with Crippen molar-refractivity contribution in [2.45, 2.75) is 6.61 Å². The first-order valence-electron chi connectivity index (χ1n) is 9.80. The molecular weight excluding hydrogens is 420 g/mol. The van der Waals surface area contributed by atoms with Crippen molar-refractivity contribution in [2.24, 2.45) is 0 Å². The van der Waals surface area contributed by atoms with Crippen LogP contribution in [-0.2, 0) is 16.1 Å². The van der Waals surface area contributed by atoms with E-state index in [1.165, 1.54) is 12.1 Å². The van der Waals surface area contributed by atoms with Crippen LogP contribution in [0.2, 0.25) is 0 Å². The molecule has 11 nitrogen and oxygen atoms in total. The summed E-state index contributed by atoms with van der Waals surface area (Å²) in [6, 6.07) is 11.2. The van der Waals surface area contributed by atoms with Crippen molar-refractivity contribution in [3.05, 3.63) is 64.0 Å². The molecule has 166 valence electrons. The summed E-state index contributed by atoms with van der Waals surface area (Å²) in [6.07, 6.45) is 0. The maximum absolute atomic E-state index is 12.8. The zero-order chi connectivity index (χ0) is 22.5. The smallest absolute Gasteiger partial charge is 0.341 e. The molecule has 0 N–H and O–H groups in total. The van der Waals surface area contributed by atoms with Crippen molar-refractivity contribution in [1.29, 1.82) is 0 Å². The van der Waals surface area contributed by atoms with Crippen molar-refractivity contribution in [1.82, 2.24) is 10.1 Å². The van der Waals surface area contributed by atoms with E-state index in [1.807, 2.05) is 4.90 Å². The van der Waals surface area contributed by atoms with Gasteiger partial charge in [0.25, 0.3) is 11.6 Å². The maximum Gasteiger partial charge on any atom is 0.341 e. The first-order chi connectivity index (χ1) is 15.5. The molecule has 3 aromatic rings. The van der Waals surface area contributed by atoms with Gasteiger partial charge in [0, 0.05) is 30.8 Å². The number of rotatable bonds is 7. The number of nitro benzene ring substituents is 1. The molecular formula is C21H20N4O7. The lowest BCUT2D eigenvalue weighted by atomic mass is 10.1. The number of esters is 1. The van der Waals surface area contributed by atoms with Gasteiger partial charge in [0.05, 0.1) is 36.5 Å². The van der Waals surface area contributed by atoms with E-state index in [-0.39, 0.29) is 23.7 Å². The second-order valence-electron chi connectivity index (χ2n) is 6.88. The molecule has 2 heterocycles. The van der Waals surface area contributed by atoms with Crippen LogP contribution in [0.5, 0.6) is 5.75 Å². The average molecular weight is 440 g/mol. The minimum absolute atomic E-state index is 0.0913. The summed E-state index contributed by atoms with van der Waals surface area (Å²) in [6.45, 7) is 1.85. The van der Waals surface area contributed by atoms with Crippen molar-refractivity contribution in [2.75, 3.05) is 38.3 Å². The molecule has 1 aliphatic heterocycles. The van der Waals surface area contributed by atoms with Crippen LogP contribution in [0.4, 0.5) is 11.4 Å². The fraction of sp³-hybridized carbons (Fsp3) is 0.286. The van der Waals surface area contributed by atoms with E-state index in [2.05, 4.69) is 10.1 Å². The van der Waals surface area contributed by atoms with Gasteiger partial charge in [-0.2, -0.15) is 4.98 Å². The second kappa shape index (κ2) is 9.43. The minimum atomic E-state index is -0.726. The molecule has 0 atom stereocenters. The molecule has 0 bridgehead atoms. The number of morpholine rings is 1. The van der Waals surface area contributed by atoms with Gasteiger partial charge in [-0.25, -0.2) is 4.79 Å². The SMILES string of the molecule is COc1cccc(-c2noc(COC(=O)c3cc([N+](=O)[O-])ccc3N3CCOCC3)n2)c1. The van der Waals surface area contributed by atoms with Gasteiger partial charge in [0.1, 0.15) is 5.75 Å². The normalized spacial score (nSPS) is 13.6. The summed E-state index contributed by atoms with van der Waals surface area (Å²) < 4.78 is 21.0. The van der Waals surface area contributed by atoms with Crippen LogP contribution in [0.3, 0.4) is 0 Å². The van der Waals surface area contributed by atoms with Crippen molar-refractivity contribution in [3.63, 3.8) is 0 Å². The number of nitro groups is 1. The topological polar surface area (TPSA) is 130 Å². The number of hydrogen-bond donors (Lipinski definition) is 0. The van der Waals surface area contributed by atoms with Gasteiger partial charge in [-0.1, -0.05) is 17.3 Å². The van der Waals surface area contributed by atoms with Crippen LogP contribution in [-0.4, -0.2) is 54.4 Å². The number of anilines is 1. The van der Waals surface area contributed by atoms with E-state index < -0.39 is 10.9 Å². The van der Waals surface area contributed by atoms with Gasteiger partial charge in [-0.3, -0.25) is 10.1 Å². The number of hydrogen-bond acceptors (Lipinski definition) is 10. The molecule has 2 aromatic carbocycles. The van der Waals surface area contributed by atoms with Crippen molar-refractivity contribution in [3.8, 4) is 17.1 Å². The quantitative estimate of drug-likeness (QED) is 0.307. The number of benzene rings is 2. The lowest BCUT2D eigenvalue weighted by Crippen LogP contribution is -2.37. The zero-order valence-electron chi connectivity index (χ0n) is 17.2. The number of nitrogens with zero attached hydrogens (tertiary/aromatic N) is 4. The monoisotopic (exact) mass is 440 g/mol. The fourth-order valence-corrected chi connectivity index (χ4v) is 3.28. The van der Waals surface area contributed by atoms with E-state index >= 15 is 0 Å². The third-order valence-corrected chi connectivity index (χ3v) is 4.89. The Morgan fingerprint density at radius 3 is 2.78 bits per heavy atom. The number of carbonyl (C=O) groups is 1. The van der Waals surface area contributed by atoms with Crippen molar-refractivity contribution >= 4 is 17.3 Å². The molecule has 1 aromatic heterocycles. The van der Waals surface area contributed by atoms with E-state index in [0.717, 1.165) is 0 Å². The zero-order valence-corrected chi connectivity index (χ0v) is 17.2. The van der Waals surface area contributed by atoms with Crippen LogP contribution in [0.25, 0.3) is 11.4 Å². The highest BCUT2D eigenvalue weighted by molar-refractivity contribution is 5.96. The van der Waals surface area contributed by atoms with Crippen LogP contribution < -0.4 is 9.64 Å². The largest absolute Gasteiger partial charge is 0.497 e. The Morgan fingerprint density at radius 1 is 1.22 bits per heavy atom. The molecule has 0 unspecified atom stereocenters. The second-order valence-corrected chi connectivity index (χ2v) is 6.88. The van der Waals surface area contributed by atoms with Crippen LogP contribution >= 0.6 is 0 Å². The summed E-state index contributed by atoms with van der Waals surface area (Å²) >= 11 is 0. The van der Waals surface area contributed by atoms with E-state index in [1.54, 1.807) is 37.4 Å². The van der Waals surface area contributed by atoms with Gasteiger partial charge >= 0.3 is 5.97 Å². The maximum atomic E-state index is 12.8.